The van der Waals surface area contributed by atoms with E-state index in [-0.39, 0.29) is 5.69 Å². The van der Waals surface area contributed by atoms with Gasteiger partial charge >= 0.3 is 5.97 Å². The number of pyridine rings is 2. The zero-order chi connectivity index (χ0) is 33.7. The van der Waals surface area contributed by atoms with Gasteiger partial charge in [-0.25, -0.2) is 9.78 Å². The summed E-state index contributed by atoms with van der Waals surface area (Å²) in [7, 11) is 0. The fraction of sp³-hybridized carbons (Fsp3) is 0.0217. The highest BCUT2D eigenvalue weighted by atomic mass is 16.4. The molecule has 8 aromatic rings. The first-order valence-corrected chi connectivity index (χ1v) is 16.7. The van der Waals surface area contributed by atoms with E-state index in [9.17, 15) is 9.90 Å². The SMILES string of the molecule is O=C(O)c1cc(-c2ccc(C3(c4ccc(-c5cccc(-c6nccc7ccccc67)c5)cc4)c4ccccc4-c4ccccc43)cc2)ccn1. The Labute approximate surface area is 290 Å². The van der Waals surface area contributed by atoms with E-state index in [1.807, 2.05) is 12.3 Å². The van der Waals surface area contributed by atoms with E-state index in [0.29, 0.717) is 0 Å². The van der Waals surface area contributed by atoms with Gasteiger partial charge in [0, 0.05) is 23.3 Å². The molecule has 0 unspecified atom stereocenters. The molecule has 1 aliphatic rings. The topological polar surface area (TPSA) is 63.1 Å². The van der Waals surface area contributed by atoms with Gasteiger partial charge in [-0.2, -0.15) is 0 Å². The Balaban J connectivity index is 1.17. The van der Waals surface area contributed by atoms with Gasteiger partial charge in [0.2, 0.25) is 0 Å². The zero-order valence-electron chi connectivity index (χ0n) is 27.0. The second-order valence-corrected chi connectivity index (χ2v) is 12.7. The average Bonchev–Trinajstić information content (AvgIpc) is 3.49. The molecule has 2 aromatic heterocycles. The first kappa shape index (κ1) is 29.5. The van der Waals surface area contributed by atoms with Gasteiger partial charge < -0.3 is 5.11 Å². The molecule has 1 N–H and O–H groups in total. The fourth-order valence-electron chi connectivity index (χ4n) is 7.77. The van der Waals surface area contributed by atoms with E-state index in [1.165, 1.54) is 33.2 Å². The van der Waals surface area contributed by atoms with E-state index in [0.717, 1.165) is 44.5 Å². The van der Waals surface area contributed by atoms with Crippen molar-refractivity contribution in [2.24, 2.45) is 0 Å². The van der Waals surface area contributed by atoms with Crippen LogP contribution in [-0.4, -0.2) is 21.0 Å². The summed E-state index contributed by atoms with van der Waals surface area (Å²) in [6.45, 7) is 0. The third kappa shape index (κ3) is 4.65. The van der Waals surface area contributed by atoms with Gasteiger partial charge in [-0.3, -0.25) is 4.98 Å². The molecule has 1 aliphatic carbocycles. The molecule has 0 bridgehead atoms. The van der Waals surface area contributed by atoms with Crippen molar-refractivity contribution in [1.82, 2.24) is 9.97 Å². The molecule has 2 heterocycles. The molecule has 0 saturated carbocycles. The number of rotatable bonds is 6. The molecule has 0 saturated heterocycles. The number of benzene rings is 6. The Morgan fingerprint density at radius 3 is 1.70 bits per heavy atom. The minimum Gasteiger partial charge on any atom is -0.477 e. The number of aromatic nitrogens is 2. The van der Waals surface area contributed by atoms with E-state index in [1.54, 1.807) is 12.3 Å². The van der Waals surface area contributed by atoms with Crippen LogP contribution in [0.15, 0.2) is 176 Å². The van der Waals surface area contributed by atoms with Gasteiger partial charge in [0.25, 0.3) is 0 Å². The van der Waals surface area contributed by atoms with Gasteiger partial charge in [0.1, 0.15) is 5.69 Å². The van der Waals surface area contributed by atoms with Gasteiger partial charge in [0.05, 0.1) is 11.1 Å². The third-order valence-electron chi connectivity index (χ3n) is 10.0. The maximum absolute atomic E-state index is 11.6. The molecule has 0 aliphatic heterocycles. The quantitative estimate of drug-likeness (QED) is 0.196. The standard InChI is InChI=1S/C46H30N2O2/c49-45(50)43-29-34(25-26-47-43)31-18-22-37(23-19-31)46(41-14-5-3-12-39(41)40-13-4-6-15-42(40)46)36-20-16-30(17-21-36)33-9-7-10-35(28-33)44-38-11-2-1-8-32(38)24-27-48-44/h1-29H,(H,49,50). The van der Waals surface area contributed by atoms with Gasteiger partial charge in [-0.15, -0.1) is 0 Å². The number of carboxylic acids is 1. The molecule has 4 nitrogen and oxygen atoms in total. The average molecular weight is 643 g/mol. The molecular weight excluding hydrogens is 613 g/mol. The summed E-state index contributed by atoms with van der Waals surface area (Å²) in [6, 6.07) is 57.5. The number of hydrogen-bond acceptors (Lipinski definition) is 3. The fourth-order valence-corrected chi connectivity index (χ4v) is 7.77. The van der Waals surface area contributed by atoms with E-state index in [4.69, 9.17) is 4.98 Å². The van der Waals surface area contributed by atoms with Crippen LogP contribution in [0.4, 0.5) is 0 Å². The predicted octanol–water partition coefficient (Wildman–Crippen LogP) is 10.7. The minimum atomic E-state index is -1.04. The summed E-state index contributed by atoms with van der Waals surface area (Å²) >= 11 is 0. The summed E-state index contributed by atoms with van der Waals surface area (Å²) in [5.41, 5.74) is 12.8. The highest BCUT2D eigenvalue weighted by Crippen LogP contribution is 2.56. The molecule has 0 radical (unpaired) electrons. The summed E-state index contributed by atoms with van der Waals surface area (Å²) in [6.07, 6.45) is 3.43. The second-order valence-electron chi connectivity index (χ2n) is 12.7. The summed E-state index contributed by atoms with van der Waals surface area (Å²) < 4.78 is 0. The van der Waals surface area contributed by atoms with Crippen LogP contribution in [0.3, 0.4) is 0 Å². The molecule has 0 fully saturated rings. The van der Waals surface area contributed by atoms with Gasteiger partial charge in [0.15, 0.2) is 0 Å². The normalized spacial score (nSPS) is 12.7. The first-order chi connectivity index (χ1) is 24.6. The number of carboxylic acid groups (broad SMARTS) is 1. The van der Waals surface area contributed by atoms with Crippen LogP contribution < -0.4 is 0 Å². The summed E-state index contributed by atoms with van der Waals surface area (Å²) in [5, 5.41) is 11.8. The summed E-state index contributed by atoms with van der Waals surface area (Å²) in [4.78, 5) is 20.4. The van der Waals surface area contributed by atoms with Crippen molar-refractivity contribution in [1.29, 1.82) is 0 Å². The van der Waals surface area contributed by atoms with Crippen molar-refractivity contribution in [2.75, 3.05) is 0 Å². The van der Waals surface area contributed by atoms with Crippen LogP contribution in [0.2, 0.25) is 0 Å². The van der Waals surface area contributed by atoms with E-state index < -0.39 is 11.4 Å². The maximum atomic E-state index is 11.6. The smallest absolute Gasteiger partial charge is 0.354 e. The van der Waals surface area contributed by atoms with Crippen molar-refractivity contribution in [3.05, 3.63) is 204 Å². The lowest BCUT2D eigenvalue weighted by Crippen LogP contribution is -2.28. The second kappa shape index (κ2) is 11.8. The van der Waals surface area contributed by atoms with E-state index in [2.05, 4.69) is 157 Å². The largest absolute Gasteiger partial charge is 0.477 e. The van der Waals surface area contributed by atoms with Crippen molar-refractivity contribution >= 4 is 16.7 Å². The lowest BCUT2D eigenvalue weighted by atomic mass is 9.67. The number of nitrogens with zero attached hydrogens (tertiary/aromatic N) is 2. The monoisotopic (exact) mass is 642 g/mol. The molecule has 50 heavy (non-hydrogen) atoms. The number of hydrogen-bond donors (Lipinski definition) is 1. The van der Waals surface area contributed by atoms with Crippen molar-refractivity contribution < 1.29 is 9.90 Å². The highest BCUT2D eigenvalue weighted by Gasteiger charge is 2.45. The number of fused-ring (bicyclic) bond motifs is 4. The van der Waals surface area contributed by atoms with Crippen molar-refractivity contribution in [2.45, 2.75) is 5.41 Å². The highest BCUT2D eigenvalue weighted by molar-refractivity contribution is 5.95. The lowest BCUT2D eigenvalue weighted by Gasteiger charge is -2.34. The molecule has 4 heteroatoms. The predicted molar refractivity (Wildman–Crippen MR) is 200 cm³/mol. The Kier molecular flexibility index (Phi) is 6.96. The zero-order valence-corrected chi connectivity index (χ0v) is 27.0. The Bertz CT molecular complexity index is 2520. The molecule has 0 spiro atoms. The van der Waals surface area contributed by atoms with Crippen LogP contribution in [0.25, 0.3) is 55.4 Å². The van der Waals surface area contributed by atoms with Crippen LogP contribution in [0, 0.1) is 0 Å². The third-order valence-corrected chi connectivity index (χ3v) is 10.0. The van der Waals surface area contributed by atoms with Gasteiger partial charge in [-0.05, 0) is 85.3 Å². The minimum absolute atomic E-state index is 0.0284. The summed E-state index contributed by atoms with van der Waals surface area (Å²) in [5.74, 6) is -1.04. The molecule has 0 amide bonds. The van der Waals surface area contributed by atoms with Crippen LogP contribution >= 0.6 is 0 Å². The molecule has 0 atom stereocenters. The molecular formula is C46H30N2O2. The lowest BCUT2D eigenvalue weighted by molar-refractivity contribution is 0.0690. The first-order valence-electron chi connectivity index (χ1n) is 16.7. The van der Waals surface area contributed by atoms with Crippen molar-refractivity contribution in [3.8, 4) is 44.6 Å². The molecule has 236 valence electrons. The van der Waals surface area contributed by atoms with Gasteiger partial charge in [-0.1, -0.05) is 140 Å². The van der Waals surface area contributed by atoms with Crippen LogP contribution in [-0.2, 0) is 5.41 Å². The maximum Gasteiger partial charge on any atom is 0.354 e. The number of carbonyl (C=O) groups is 1. The van der Waals surface area contributed by atoms with E-state index >= 15 is 0 Å². The number of aromatic carboxylic acids is 1. The Hall–Kier alpha value is -6.65. The Morgan fingerprint density at radius 2 is 1.04 bits per heavy atom. The molecule has 9 rings (SSSR count). The van der Waals surface area contributed by atoms with Crippen LogP contribution in [0.1, 0.15) is 32.7 Å². The van der Waals surface area contributed by atoms with Crippen LogP contribution in [0.5, 0.6) is 0 Å². The molecule has 6 aromatic carbocycles. The Morgan fingerprint density at radius 1 is 0.480 bits per heavy atom. The van der Waals surface area contributed by atoms with Crippen molar-refractivity contribution in [3.63, 3.8) is 0 Å².